The number of phosphoric ester groups is 2. The molecule has 0 aliphatic rings. The second-order valence-corrected chi connectivity index (χ2v) is 34.0. The highest BCUT2D eigenvalue weighted by Gasteiger charge is 2.30. The van der Waals surface area contributed by atoms with Crippen molar-refractivity contribution in [1.82, 2.24) is 0 Å². The average molecular weight is 1520 g/mol. The summed E-state index contributed by atoms with van der Waals surface area (Å²) >= 11 is 0. The Balaban J connectivity index is 5.19. The SMILES string of the molecule is CCCCCCCCCCCCCCCCCCCCCCCC(=O)OC[C@H](COP(=O)(O)OC[C@@H](O)COP(=O)(O)OC[C@@H](COC(=O)CCCCCCCCCCCC)OC(=O)CCCCCCCCCCCCCC)OC(=O)CCCCCCCCCCCCCCCCCCCCC(C)C. The first kappa shape index (κ1) is 102. The first-order valence-electron chi connectivity index (χ1n) is 44.1. The van der Waals surface area contributed by atoms with E-state index in [0.717, 1.165) is 95.8 Å². The van der Waals surface area contributed by atoms with E-state index < -0.39 is 97.5 Å². The van der Waals surface area contributed by atoms with Crippen LogP contribution in [0.5, 0.6) is 0 Å². The molecule has 0 saturated carbocycles. The Morgan fingerprint density at radius 3 is 0.654 bits per heavy atom. The van der Waals surface area contributed by atoms with Gasteiger partial charge in [-0.15, -0.1) is 0 Å². The molecule has 0 aliphatic carbocycles. The molecule has 5 atom stereocenters. The van der Waals surface area contributed by atoms with Gasteiger partial charge in [-0.2, -0.15) is 0 Å². The zero-order chi connectivity index (χ0) is 76.2. The topological polar surface area (TPSA) is 237 Å². The Morgan fingerprint density at radius 1 is 0.260 bits per heavy atom. The number of hydrogen-bond donors (Lipinski definition) is 3. The Bertz CT molecular complexity index is 1980. The number of hydrogen-bond acceptors (Lipinski definition) is 15. The number of carbonyl (C=O) groups excluding carboxylic acids is 4. The third-order valence-electron chi connectivity index (χ3n) is 20.0. The molecule has 17 nitrogen and oxygen atoms in total. The Labute approximate surface area is 638 Å². The standard InChI is InChI=1S/C85H166O17P2/c1-6-9-12-15-18-21-24-26-27-28-29-30-31-35-38-41-45-49-54-59-64-69-83(88)96-75-81(102-85(90)71-66-61-56-51-46-42-39-36-33-32-34-37-40-43-47-52-57-62-67-78(4)5)77-100-104(93,94)98-73-79(86)72-97-103(91,92)99-76-80(74-95-82(87)68-63-58-53-48-23-20-17-14-11-8-3)101-84(89)70-65-60-55-50-44-25-22-19-16-13-10-7-2/h78-81,86H,6-77H2,1-5H3,(H,91,92)(H,93,94)/t79-,80+,81+/m0/s1. The van der Waals surface area contributed by atoms with E-state index in [1.54, 1.807) is 0 Å². The molecule has 0 spiro atoms. The highest BCUT2D eigenvalue weighted by Crippen LogP contribution is 2.45. The summed E-state index contributed by atoms with van der Waals surface area (Å²) in [7, 11) is -9.92. The molecular weight excluding hydrogens is 1350 g/mol. The maximum atomic E-state index is 13.1. The lowest BCUT2D eigenvalue weighted by atomic mass is 10.0. The van der Waals surface area contributed by atoms with Crippen molar-refractivity contribution in [3.63, 3.8) is 0 Å². The van der Waals surface area contributed by atoms with Gasteiger partial charge in [-0.3, -0.25) is 37.3 Å². The van der Waals surface area contributed by atoms with Crippen LogP contribution in [0.2, 0.25) is 0 Å². The lowest BCUT2D eigenvalue weighted by Crippen LogP contribution is -2.30. The van der Waals surface area contributed by atoms with E-state index in [0.29, 0.717) is 25.7 Å². The van der Waals surface area contributed by atoms with Crippen molar-refractivity contribution in [1.29, 1.82) is 0 Å². The largest absolute Gasteiger partial charge is 0.472 e. The molecular formula is C85H166O17P2. The van der Waals surface area contributed by atoms with Gasteiger partial charge in [0.25, 0.3) is 0 Å². The van der Waals surface area contributed by atoms with Crippen LogP contribution in [-0.4, -0.2) is 96.7 Å². The summed E-state index contributed by atoms with van der Waals surface area (Å²) in [4.78, 5) is 73.1. The van der Waals surface area contributed by atoms with Crippen LogP contribution in [-0.2, 0) is 65.4 Å². The van der Waals surface area contributed by atoms with Gasteiger partial charge < -0.3 is 33.8 Å². The van der Waals surface area contributed by atoms with E-state index >= 15 is 0 Å². The van der Waals surface area contributed by atoms with Crippen LogP contribution in [0.4, 0.5) is 0 Å². The van der Waals surface area contributed by atoms with Gasteiger partial charge in [0, 0.05) is 25.7 Å². The zero-order valence-corrected chi connectivity index (χ0v) is 70.0. The molecule has 0 radical (unpaired) electrons. The number of esters is 4. The first-order valence-corrected chi connectivity index (χ1v) is 47.1. The number of ether oxygens (including phenoxy) is 4. The number of aliphatic hydroxyl groups is 1. The van der Waals surface area contributed by atoms with E-state index in [9.17, 15) is 43.2 Å². The van der Waals surface area contributed by atoms with Crippen LogP contribution in [0.1, 0.15) is 458 Å². The number of unbranched alkanes of at least 4 members (excludes halogenated alkanes) is 57. The van der Waals surface area contributed by atoms with Crippen LogP contribution in [0, 0.1) is 5.92 Å². The van der Waals surface area contributed by atoms with E-state index in [2.05, 4.69) is 34.6 Å². The maximum Gasteiger partial charge on any atom is 0.472 e. The van der Waals surface area contributed by atoms with Crippen molar-refractivity contribution in [2.75, 3.05) is 39.6 Å². The molecule has 2 unspecified atom stereocenters. The third-order valence-corrected chi connectivity index (χ3v) is 21.9. The van der Waals surface area contributed by atoms with E-state index in [1.807, 2.05) is 0 Å². The van der Waals surface area contributed by atoms with Gasteiger partial charge in [-0.25, -0.2) is 9.13 Å². The fourth-order valence-electron chi connectivity index (χ4n) is 13.3. The second kappa shape index (κ2) is 77.8. The molecule has 0 aromatic heterocycles. The molecule has 19 heteroatoms. The van der Waals surface area contributed by atoms with Gasteiger partial charge in [0.15, 0.2) is 12.2 Å². The van der Waals surface area contributed by atoms with Crippen molar-refractivity contribution in [3.8, 4) is 0 Å². The molecule has 0 heterocycles. The monoisotopic (exact) mass is 1520 g/mol. The Kier molecular flexibility index (Phi) is 76.3. The normalized spacial score (nSPS) is 13.8. The van der Waals surface area contributed by atoms with Crippen molar-refractivity contribution >= 4 is 39.5 Å². The molecule has 0 aliphatic heterocycles. The number of carbonyl (C=O) groups is 4. The van der Waals surface area contributed by atoms with Crippen molar-refractivity contribution < 1.29 is 80.2 Å². The maximum absolute atomic E-state index is 13.1. The predicted molar refractivity (Wildman–Crippen MR) is 428 cm³/mol. The predicted octanol–water partition coefficient (Wildman–Crippen LogP) is 26.0. The fourth-order valence-corrected chi connectivity index (χ4v) is 14.9. The van der Waals surface area contributed by atoms with Crippen LogP contribution in [0.25, 0.3) is 0 Å². The molecule has 0 aromatic rings. The molecule has 3 N–H and O–H groups in total. The van der Waals surface area contributed by atoms with Crippen molar-refractivity contribution in [3.05, 3.63) is 0 Å². The van der Waals surface area contributed by atoms with Gasteiger partial charge in [0.2, 0.25) is 0 Å². The Hall–Kier alpha value is -1.94. The minimum atomic E-state index is -4.96. The van der Waals surface area contributed by atoms with Gasteiger partial charge in [-0.05, 0) is 31.6 Å². The highest BCUT2D eigenvalue weighted by molar-refractivity contribution is 7.47. The second-order valence-electron chi connectivity index (χ2n) is 31.1. The van der Waals surface area contributed by atoms with Crippen molar-refractivity contribution in [2.24, 2.45) is 5.92 Å². The summed E-state index contributed by atoms with van der Waals surface area (Å²) in [6.07, 6.45) is 70.9. The highest BCUT2D eigenvalue weighted by atomic mass is 31.2. The third kappa shape index (κ3) is 78.2. The van der Waals surface area contributed by atoms with E-state index in [4.69, 9.17) is 37.0 Å². The molecule has 0 bridgehead atoms. The van der Waals surface area contributed by atoms with Gasteiger partial charge in [0.1, 0.15) is 19.3 Å². The lowest BCUT2D eigenvalue weighted by Gasteiger charge is -2.21. The van der Waals surface area contributed by atoms with Crippen LogP contribution < -0.4 is 0 Å². The van der Waals surface area contributed by atoms with Crippen LogP contribution in [0.15, 0.2) is 0 Å². The lowest BCUT2D eigenvalue weighted by molar-refractivity contribution is -0.161. The molecule has 104 heavy (non-hydrogen) atoms. The van der Waals surface area contributed by atoms with Crippen molar-refractivity contribution in [2.45, 2.75) is 477 Å². The first-order chi connectivity index (χ1) is 50.5. The van der Waals surface area contributed by atoms with Gasteiger partial charge in [0.05, 0.1) is 26.4 Å². The molecule has 0 saturated heterocycles. The molecule has 0 aromatic carbocycles. The minimum Gasteiger partial charge on any atom is -0.462 e. The summed E-state index contributed by atoms with van der Waals surface area (Å²) in [6.45, 7) is 7.38. The fraction of sp³-hybridized carbons (Fsp3) is 0.953. The van der Waals surface area contributed by atoms with E-state index in [-0.39, 0.29) is 25.7 Å². The summed E-state index contributed by atoms with van der Waals surface area (Å²) in [5.41, 5.74) is 0. The summed E-state index contributed by atoms with van der Waals surface area (Å²) in [5.74, 6) is -1.28. The van der Waals surface area contributed by atoms with Gasteiger partial charge in [-0.1, -0.05) is 407 Å². The zero-order valence-electron chi connectivity index (χ0n) is 68.2. The number of rotatable bonds is 85. The molecule has 0 amide bonds. The molecule has 618 valence electrons. The van der Waals surface area contributed by atoms with Gasteiger partial charge >= 0.3 is 39.5 Å². The number of phosphoric acid groups is 2. The Morgan fingerprint density at radius 2 is 0.442 bits per heavy atom. The smallest absolute Gasteiger partial charge is 0.462 e. The van der Waals surface area contributed by atoms with E-state index in [1.165, 1.54) is 283 Å². The minimum absolute atomic E-state index is 0.108. The summed E-state index contributed by atoms with van der Waals surface area (Å²) < 4.78 is 68.8. The van der Waals surface area contributed by atoms with Crippen LogP contribution in [0.3, 0.4) is 0 Å². The summed E-state index contributed by atoms with van der Waals surface area (Å²) in [6, 6.07) is 0. The quantitative estimate of drug-likeness (QED) is 0.0222. The summed E-state index contributed by atoms with van der Waals surface area (Å²) in [5, 5.41) is 10.7. The molecule has 0 fully saturated rings. The average Bonchev–Trinajstić information content (AvgIpc) is 0.904. The van der Waals surface area contributed by atoms with Crippen LogP contribution >= 0.6 is 15.6 Å². The number of aliphatic hydroxyl groups excluding tert-OH is 1. The molecule has 0 rings (SSSR count).